The number of esters is 1. The molecule has 1 N–H and O–H groups in total. The third-order valence-corrected chi connectivity index (χ3v) is 1.81. The first-order valence-electron chi connectivity index (χ1n) is 4.64. The number of nitrogens with one attached hydrogen (secondary N) is 1. The molecule has 76 valence electrons. The summed E-state index contributed by atoms with van der Waals surface area (Å²) in [6.07, 6.45) is 3.45. The predicted molar refractivity (Wildman–Crippen MR) is 53.5 cm³/mol. The van der Waals surface area contributed by atoms with Crippen LogP contribution in [0.2, 0.25) is 0 Å². The normalized spacial score (nSPS) is 12.2. The van der Waals surface area contributed by atoms with E-state index in [1.165, 1.54) is 0 Å². The molecule has 0 aliphatic rings. The van der Waals surface area contributed by atoms with Crippen LogP contribution >= 0.6 is 0 Å². The van der Waals surface area contributed by atoms with Crippen LogP contribution in [0.3, 0.4) is 0 Å². The molecule has 0 aromatic rings. The molecule has 1 atom stereocenters. The van der Waals surface area contributed by atoms with Crippen molar-refractivity contribution >= 4 is 5.97 Å². The maximum absolute atomic E-state index is 11.2. The van der Waals surface area contributed by atoms with Crippen LogP contribution in [0, 0.1) is 5.92 Å². The Hall–Kier alpha value is -0.830. The molecule has 0 rings (SSSR count). The molecule has 0 aliphatic carbocycles. The molecule has 0 fully saturated rings. The lowest BCUT2D eigenvalue weighted by Crippen LogP contribution is -2.17. The first-order valence-corrected chi connectivity index (χ1v) is 4.64. The summed E-state index contributed by atoms with van der Waals surface area (Å²) in [5.41, 5.74) is 0. The Morgan fingerprint density at radius 3 is 2.92 bits per heavy atom. The number of carbonyl (C=O) groups is 1. The Morgan fingerprint density at radius 2 is 2.38 bits per heavy atom. The van der Waals surface area contributed by atoms with Crippen molar-refractivity contribution in [3.8, 4) is 0 Å². The molecule has 0 saturated carbocycles. The van der Waals surface area contributed by atoms with Crippen molar-refractivity contribution < 1.29 is 9.53 Å². The van der Waals surface area contributed by atoms with Crippen molar-refractivity contribution in [3.63, 3.8) is 0 Å². The van der Waals surface area contributed by atoms with Crippen molar-refractivity contribution in [3.05, 3.63) is 12.7 Å². The molecule has 0 unspecified atom stereocenters. The van der Waals surface area contributed by atoms with E-state index >= 15 is 0 Å². The average molecular weight is 185 g/mol. The highest BCUT2D eigenvalue weighted by atomic mass is 16.5. The summed E-state index contributed by atoms with van der Waals surface area (Å²) in [5, 5.41) is 3.04. The second-order valence-corrected chi connectivity index (χ2v) is 3.07. The Balaban J connectivity index is 3.50. The highest BCUT2D eigenvalue weighted by molar-refractivity contribution is 5.71. The second-order valence-electron chi connectivity index (χ2n) is 3.07. The third kappa shape index (κ3) is 6.34. The maximum Gasteiger partial charge on any atom is 0.308 e. The zero-order chi connectivity index (χ0) is 10.1. The van der Waals surface area contributed by atoms with E-state index < -0.39 is 0 Å². The van der Waals surface area contributed by atoms with Crippen LogP contribution in [-0.4, -0.2) is 26.2 Å². The zero-order valence-corrected chi connectivity index (χ0v) is 8.51. The first-order chi connectivity index (χ1) is 6.22. The van der Waals surface area contributed by atoms with Gasteiger partial charge < -0.3 is 10.1 Å². The number of ether oxygens (including phenoxy) is 1. The summed E-state index contributed by atoms with van der Waals surface area (Å²) >= 11 is 0. The van der Waals surface area contributed by atoms with E-state index in [1.54, 1.807) is 6.08 Å². The van der Waals surface area contributed by atoms with E-state index in [1.807, 2.05) is 14.0 Å². The van der Waals surface area contributed by atoms with E-state index in [9.17, 15) is 4.79 Å². The molecular weight excluding hydrogens is 166 g/mol. The fourth-order valence-corrected chi connectivity index (χ4v) is 0.986. The van der Waals surface area contributed by atoms with Crippen molar-refractivity contribution in [2.45, 2.75) is 19.8 Å². The van der Waals surface area contributed by atoms with Crippen molar-refractivity contribution in [1.29, 1.82) is 0 Å². The molecule has 3 nitrogen and oxygen atoms in total. The molecule has 0 aliphatic heterocycles. The van der Waals surface area contributed by atoms with Crippen molar-refractivity contribution in [2.75, 3.05) is 20.2 Å². The maximum atomic E-state index is 11.2. The number of hydrogen-bond acceptors (Lipinski definition) is 3. The molecule has 0 saturated heterocycles. The second kappa shape index (κ2) is 7.80. The lowest BCUT2D eigenvalue weighted by molar-refractivity contribution is -0.146. The van der Waals surface area contributed by atoms with Gasteiger partial charge in [-0.3, -0.25) is 4.79 Å². The van der Waals surface area contributed by atoms with Gasteiger partial charge >= 0.3 is 5.97 Å². The number of carbonyl (C=O) groups excluding carboxylic acids is 1. The van der Waals surface area contributed by atoms with Gasteiger partial charge in [-0.05, 0) is 26.4 Å². The SMILES string of the molecule is C=CCOC(=O)[C@@H](C)CCCNC. The smallest absolute Gasteiger partial charge is 0.308 e. The molecule has 0 radical (unpaired) electrons. The third-order valence-electron chi connectivity index (χ3n) is 1.81. The van der Waals surface area contributed by atoms with Crippen LogP contribution in [0.1, 0.15) is 19.8 Å². The molecule has 13 heavy (non-hydrogen) atoms. The minimum atomic E-state index is -0.129. The quantitative estimate of drug-likeness (QED) is 0.369. The van der Waals surface area contributed by atoms with Gasteiger partial charge in [0.05, 0.1) is 5.92 Å². The summed E-state index contributed by atoms with van der Waals surface area (Å²) in [6, 6.07) is 0. The molecule has 0 aromatic carbocycles. The largest absolute Gasteiger partial charge is 0.461 e. The Bertz CT molecular complexity index is 157. The van der Waals surface area contributed by atoms with Gasteiger partial charge in [-0.25, -0.2) is 0 Å². The van der Waals surface area contributed by atoms with Gasteiger partial charge in [0.25, 0.3) is 0 Å². The summed E-state index contributed by atoms with van der Waals surface area (Å²) < 4.78 is 4.91. The van der Waals surface area contributed by atoms with Gasteiger partial charge in [-0.2, -0.15) is 0 Å². The van der Waals surface area contributed by atoms with E-state index in [0.717, 1.165) is 19.4 Å². The van der Waals surface area contributed by atoms with E-state index in [2.05, 4.69) is 11.9 Å². The zero-order valence-electron chi connectivity index (χ0n) is 8.51. The fraction of sp³-hybridized carbons (Fsp3) is 0.700. The highest BCUT2D eigenvalue weighted by Gasteiger charge is 2.12. The topological polar surface area (TPSA) is 38.3 Å². The summed E-state index contributed by atoms with van der Waals surface area (Å²) in [5.74, 6) is -0.135. The van der Waals surface area contributed by atoms with Crippen LogP contribution in [0.5, 0.6) is 0 Å². The lowest BCUT2D eigenvalue weighted by Gasteiger charge is -2.09. The van der Waals surface area contributed by atoms with E-state index in [4.69, 9.17) is 4.74 Å². The molecule has 0 bridgehead atoms. The van der Waals surface area contributed by atoms with Gasteiger partial charge in [0.1, 0.15) is 6.61 Å². The van der Waals surface area contributed by atoms with Crippen LogP contribution in [-0.2, 0) is 9.53 Å². The summed E-state index contributed by atoms with van der Waals surface area (Å²) in [7, 11) is 1.90. The van der Waals surface area contributed by atoms with E-state index in [-0.39, 0.29) is 11.9 Å². The highest BCUT2D eigenvalue weighted by Crippen LogP contribution is 2.06. The van der Waals surface area contributed by atoms with Crippen LogP contribution in [0.4, 0.5) is 0 Å². The van der Waals surface area contributed by atoms with Gasteiger partial charge in [-0.1, -0.05) is 19.6 Å². The molecule has 0 aromatic heterocycles. The minimum Gasteiger partial charge on any atom is -0.461 e. The monoisotopic (exact) mass is 185 g/mol. The van der Waals surface area contributed by atoms with Crippen LogP contribution in [0.25, 0.3) is 0 Å². The number of rotatable bonds is 7. The van der Waals surface area contributed by atoms with Gasteiger partial charge in [0.2, 0.25) is 0 Å². The first kappa shape index (κ1) is 12.2. The summed E-state index contributed by atoms with van der Waals surface area (Å²) in [4.78, 5) is 11.2. The molecule has 3 heteroatoms. The van der Waals surface area contributed by atoms with Gasteiger partial charge in [0.15, 0.2) is 0 Å². The number of hydrogen-bond donors (Lipinski definition) is 1. The van der Waals surface area contributed by atoms with Crippen LogP contribution in [0.15, 0.2) is 12.7 Å². The fourth-order valence-electron chi connectivity index (χ4n) is 0.986. The van der Waals surface area contributed by atoms with Crippen LogP contribution < -0.4 is 5.32 Å². The standard InChI is InChI=1S/C10H19NO2/c1-4-8-13-10(12)9(2)6-5-7-11-3/h4,9,11H,1,5-8H2,2-3H3/t9-/m0/s1. The predicted octanol–water partition coefficient (Wildman–Crippen LogP) is 1.35. The molecular formula is C10H19NO2. The minimum absolute atomic E-state index is 0.00620. The van der Waals surface area contributed by atoms with E-state index in [0.29, 0.717) is 6.61 Å². The lowest BCUT2D eigenvalue weighted by atomic mass is 10.1. The van der Waals surface area contributed by atoms with Gasteiger partial charge in [0, 0.05) is 0 Å². The Morgan fingerprint density at radius 1 is 1.69 bits per heavy atom. The average Bonchev–Trinajstić information content (AvgIpc) is 2.14. The van der Waals surface area contributed by atoms with Crippen molar-refractivity contribution in [1.82, 2.24) is 5.32 Å². The molecule has 0 heterocycles. The molecule has 0 amide bonds. The molecule has 0 spiro atoms. The Kier molecular flexibility index (Phi) is 7.30. The summed E-state index contributed by atoms with van der Waals surface area (Å²) in [6.45, 7) is 6.63. The van der Waals surface area contributed by atoms with Crippen molar-refractivity contribution in [2.24, 2.45) is 5.92 Å². The van der Waals surface area contributed by atoms with Gasteiger partial charge in [-0.15, -0.1) is 0 Å². The Labute approximate surface area is 80.2 Å².